The first-order valence-corrected chi connectivity index (χ1v) is 8.68. The van der Waals surface area contributed by atoms with E-state index in [4.69, 9.17) is 16.3 Å². The summed E-state index contributed by atoms with van der Waals surface area (Å²) in [4.78, 5) is 1.06. The number of thiophene rings is 1. The van der Waals surface area contributed by atoms with Gasteiger partial charge in [0.2, 0.25) is 10.0 Å². The lowest BCUT2D eigenvalue weighted by atomic mass is 10.0. The molecular formula is C13H19N5O2S2. The van der Waals surface area contributed by atoms with E-state index in [9.17, 15) is 8.42 Å². The predicted octanol–water partition coefficient (Wildman–Crippen LogP) is 0.728. The third-order valence-corrected chi connectivity index (χ3v) is 4.95. The van der Waals surface area contributed by atoms with Crippen LogP contribution in [-0.2, 0) is 16.4 Å². The molecule has 0 spiro atoms. The van der Waals surface area contributed by atoms with Crippen LogP contribution in [0.3, 0.4) is 0 Å². The van der Waals surface area contributed by atoms with Crippen LogP contribution in [0, 0.1) is 5.41 Å². The molecule has 22 heavy (non-hydrogen) atoms. The van der Waals surface area contributed by atoms with Gasteiger partial charge in [-0.3, -0.25) is 17.1 Å². The fraction of sp³-hybridized carbons (Fsp3) is 0.154. The van der Waals surface area contributed by atoms with Crippen molar-refractivity contribution in [1.82, 2.24) is 0 Å². The molecule has 0 amide bonds. The van der Waals surface area contributed by atoms with Gasteiger partial charge in [0.15, 0.2) is 0 Å². The van der Waals surface area contributed by atoms with Gasteiger partial charge in [0, 0.05) is 10.4 Å². The Balaban J connectivity index is 0.00000116. The Kier molecular flexibility index (Phi) is 6.21. The summed E-state index contributed by atoms with van der Waals surface area (Å²) in [5.74, 6) is 7.69. The maximum absolute atomic E-state index is 11.6. The normalized spacial score (nSPS) is 10.7. The van der Waals surface area contributed by atoms with Gasteiger partial charge in [0.25, 0.3) is 0 Å². The molecule has 0 bridgehead atoms. The Labute approximate surface area is 133 Å². The third-order valence-electron chi connectivity index (χ3n) is 2.92. The van der Waals surface area contributed by atoms with Crippen molar-refractivity contribution in [3.05, 3.63) is 40.1 Å². The first kappa shape index (κ1) is 18.3. The van der Waals surface area contributed by atoms with Gasteiger partial charge < -0.3 is 5.73 Å². The zero-order valence-electron chi connectivity index (χ0n) is 12.0. The van der Waals surface area contributed by atoms with Gasteiger partial charge in [-0.1, -0.05) is 19.1 Å². The highest BCUT2D eigenvalue weighted by Gasteiger charge is 2.20. The van der Waals surface area contributed by atoms with Crippen molar-refractivity contribution < 1.29 is 8.42 Å². The standard InChI is InChI=1S/C13H15N3O2S2.H4N2/c1-2-9-6-8(7-19-9)10-4-3-5-11(20(16,17)18)12(10)13(14)15;1-2/h3-7H,2H2,1H3,(H3,14,15)(H2,16,17,18);1-2H2. The molecule has 1 heterocycles. The molecule has 0 saturated heterocycles. The Hall–Kier alpha value is -1.78. The average Bonchev–Trinajstić information content (AvgIpc) is 2.96. The lowest BCUT2D eigenvalue weighted by Gasteiger charge is -2.11. The summed E-state index contributed by atoms with van der Waals surface area (Å²) in [7, 11) is -3.93. The summed E-state index contributed by atoms with van der Waals surface area (Å²) in [5.41, 5.74) is 7.18. The van der Waals surface area contributed by atoms with Gasteiger partial charge in [0.1, 0.15) is 5.84 Å². The predicted molar refractivity (Wildman–Crippen MR) is 89.9 cm³/mol. The lowest BCUT2D eigenvalue weighted by Crippen LogP contribution is -2.21. The van der Waals surface area contributed by atoms with E-state index in [-0.39, 0.29) is 16.3 Å². The number of amidine groups is 1. The summed E-state index contributed by atoms with van der Waals surface area (Å²) >= 11 is 1.59. The van der Waals surface area contributed by atoms with Crippen LogP contribution in [0.2, 0.25) is 0 Å². The van der Waals surface area contributed by atoms with Gasteiger partial charge in [-0.15, -0.1) is 11.3 Å². The number of hydrogen-bond acceptors (Lipinski definition) is 6. The summed E-state index contributed by atoms with van der Waals surface area (Å²) < 4.78 is 23.3. The number of aryl methyl sites for hydroxylation is 1. The molecule has 7 nitrogen and oxygen atoms in total. The van der Waals surface area contributed by atoms with Gasteiger partial charge in [-0.05, 0) is 35.1 Å². The van der Waals surface area contributed by atoms with E-state index in [1.807, 2.05) is 18.4 Å². The van der Waals surface area contributed by atoms with E-state index >= 15 is 0 Å². The Morgan fingerprint density at radius 1 is 1.32 bits per heavy atom. The van der Waals surface area contributed by atoms with Crippen molar-refractivity contribution in [3.63, 3.8) is 0 Å². The van der Waals surface area contributed by atoms with Crippen LogP contribution in [0.1, 0.15) is 17.4 Å². The second-order valence-corrected chi connectivity index (χ2v) is 6.82. The van der Waals surface area contributed by atoms with Crippen LogP contribution in [0.4, 0.5) is 0 Å². The second-order valence-electron chi connectivity index (χ2n) is 4.29. The van der Waals surface area contributed by atoms with Gasteiger partial charge in [-0.25, -0.2) is 13.6 Å². The highest BCUT2D eigenvalue weighted by Crippen LogP contribution is 2.31. The van der Waals surface area contributed by atoms with Gasteiger partial charge in [-0.2, -0.15) is 0 Å². The van der Waals surface area contributed by atoms with Crippen LogP contribution in [0.25, 0.3) is 11.1 Å². The number of primary sulfonamides is 1. The maximum Gasteiger partial charge on any atom is 0.238 e. The van der Waals surface area contributed by atoms with Crippen molar-refractivity contribution in [2.75, 3.05) is 0 Å². The van der Waals surface area contributed by atoms with Crippen LogP contribution in [-0.4, -0.2) is 14.3 Å². The molecule has 2 aromatic rings. The molecule has 0 saturated carbocycles. The van der Waals surface area contributed by atoms with E-state index in [1.54, 1.807) is 23.5 Å². The highest BCUT2D eigenvalue weighted by molar-refractivity contribution is 7.89. The van der Waals surface area contributed by atoms with Crippen molar-refractivity contribution in [2.24, 2.45) is 22.6 Å². The Bertz CT molecular complexity index is 768. The molecule has 9 heteroatoms. The molecular weight excluding hydrogens is 322 g/mol. The van der Waals surface area contributed by atoms with E-state index < -0.39 is 10.0 Å². The van der Waals surface area contributed by atoms with Crippen LogP contribution in [0.5, 0.6) is 0 Å². The van der Waals surface area contributed by atoms with Gasteiger partial charge >= 0.3 is 0 Å². The SMILES string of the molecule is CCc1cc(-c2cccc(S(N)(=O)=O)c2C(=N)N)cs1.NN. The molecule has 0 aliphatic carbocycles. The molecule has 0 unspecified atom stereocenters. The zero-order chi connectivity index (χ0) is 16.9. The molecule has 2 rings (SSSR count). The fourth-order valence-corrected chi connectivity index (χ4v) is 3.60. The molecule has 0 fully saturated rings. The van der Waals surface area contributed by atoms with E-state index in [0.29, 0.717) is 5.56 Å². The van der Waals surface area contributed by atoms with Crippen molar-refractivity contribution >= 4 is 27.2 Å². The van der Waals surface area contributed by atoms with Gasteiger partial charge in [0.05, 0.1) is 4.90 Å². The van der Waals surface area contributed by atoms with Crippen molar-refractivity contribution in [3.8, 4) is 11.1 Å². The monoisotopic (exact) mass is 341 g/mol. The highest BCUT2D eigenvalue weighted by atomic mass is 32.2. The number of nitrogens with one attached hydrogen (secondary N) is 1. The molecule has 120 valence electrons. The Morgan fingerprint density at radius 3 is 2.41 bits per heavy atom. The topological polar surface area (TPSA) is 162 Å². The first-order valence-electron chi connectivity index (χ1n) is 6.26. The number of rotatable bonds is 4. The minimum absolute atomic E-state index is 0.119. The third kappa shape index (κ3) is 3.90. The number of hydrogen-bond donors (Lipinski definition) is 5. The Morgan fingerprint density at radius 2 is 1.95 bits per heavy atom. The summed E-state index contributed by atoms with van der Waals surface area (Å²) in [6.07, 6.45) is 0.898. The summed E-state index contributed by atoms with van der Waals surface area (Å²) in [5, 5.41) is 14.8. The largest absolute Gasteiger partial charge is 0.384 e. The molecule has 0 aliphatic rings. The molecule has 0 radical (unpaired) electrons. The minimum atomic E-state index is -3.93. The second kappa shape index (κ2) is 7.47. The van der Waals surface area contributed by atoms with Crippen molar-refractivity contribution in [1.29, 1.82) is 5.41 Å². The van der Waals surface area contributed by atoms with E-state index in [1.165, 1.54) is 10.9 Å². The quantitative estimate of drug-likeness (QED) is 0.239. The zero-order valence-corrected chi connectivity index (χ0v) is 13.7. The molecule has 9 N–H and O–H groups in total. The maximum atomic E-state index is 11.6. The lowest BCUT2D eigenvalue weighted by molar-refractivity contribution is 0.597. The number of nitrogens with two attached hydrogens (primary N) is 4. The first-order chi connectivity index (χ1) is 10.3. The molecule has 1 aromatic heterocycles. The van der Waals surface area contributed by atoms with Crippen LogP contribution >= 0.6 is 11.3 Å². The molecule has 0 aliphatic heterocycles. The fourth-order valence-electron chi connectivity index (χ4n) is 1.99. The molecule has 1 aromatic carbocycles. The number of hydrazine groups is 1. The van der Waals surface area contributed by atoms with E-state index in [2.05, 4.69) is 11.7 Å². The average molecular weight is 341 g/mol. The van der Waals surface area contributed by atoms with Crippen LogP contribution in [0.15, 0.2) is 34.5 Å². The number of sulfonamides is 1. The van der Waals surface area contributed by atoms with Crippen molar-refractivity contribution in [2.45, 2.75) is 18.2 Å². The number of benzene rings is 1. The number of nitrogen functional groups attached to an aromatic ring is 1. The smallest absolute Gasteiger partial charge is 0.238 e. The summed E-state index contributed by atoms with van der Waals surface area (Å²) in [6, 6.07) is 6.68. The van der Waals surface area contributed by atoms with E-state index in [0.717, 1.165) is 12.0 Å². The summed E-state index contributed by atoms with van der Waals surface area (Å²) in [6.45, 7) is 2.04. The molecule has 0 atom stereocenters. The van der Waals surface area contributed by atoms with Crippen LogP contribution < -0.4 is 22.6 Å². The minimum Gasteiger partial charge on any atom is -0.384 e.